The van der Waals surface area contributed by atoms with Crippen molar-refractivity contribution in [1.82, 2.24) is 14.1 Å². The summed E-state index contributed by atoms with van der Waals surface area (Å²) in [5.41, 5.74) is 0. The van der Waals surface area contributed by atoms with E-state index in [1.807, 2.05) is 4.90 Å². The van der Waals surface area contributed by atoms with Gasteiger partial charge in [0.05, 0.1) is 4.90 Å². The number of rotatable bonds is 5. The Balaban J connectivity index is 1.32. The van der Waals surface area contributed by atoms with Gasteiger partial charge >= 0.3 is 0 Å². The van der Waals surface area contributed by atoms with Gasteiger partial charge in [-0.05, 0) is 73.6 Å². The standard InChI is InChI=1S/C24H28ClN3O4S/c1-15(23(29)28-14-16-3-7-20(28)11-16)27-10-9-22(24(27)30)26(2)33(31,32)21-8-5-17-12-19(25)6-4-18(17)13-21/h4-6,8,12-13,15-16,20,22H,3,7,9-11,14H2,1-2H3/t15-,16+,20-,22-/m1/s1. The van der Waals surface area contributed by atoms with Crippen LogP contribution in [0.5, 0.6) is 0 Å². The quantitative estimate of drug-likeness (QED) is 0.646. The summed E-state index contributed by atoms with van der Waals surface area (Å²) in [7, 11) is -2.45. The van der Waals surface area contributed by atoms with Crippen LogP contribution in [0, 0.1) is 5.92 Å². The van der Waals surface area contributed by atoms with Gasteiger partial charge in [0.2, 0.25) is 21.8 Å². The van der Waals surface area contributed by atoms with Crippen LogP contribution >= 0.6 is 11.6 Å². The van der Waals surface area contributed by atoms with Crippen LogP contribution in [0.25, 0.3) is 10.8 Å². The Bertz CT molecular complexity index is 1230. The summed E-state index contributed by atoms with van der Waals surface area (Å²) in [5, 5.41) is 2.18. The number of amides is 2. The maximum absolute atomic E-state index is 13.3. The molecule has 2 aliphatic heterocycles. The van der Waals surface area contributed by atoms with Crippen molar-refractivity contribution in [1.29, 1.82) is 0 Å². The zero-order chi connectivity index (χ0) is 23.5. The molecule has 0 unspecified atom stereocenters. The van der Waals surface area contributed by atoms with Gasteiger partial charge in [-0.1, -0.05) is 23.7 Å². The van der Waals surface area contributed by atoms with Crippen molar-refractivity contribution in [3.05, 3.63) is 41.4 Å². The van der Waals surface area contributed by atoms with Crippen molar-refractivity contribution >= 4 is 44.2 Å². The number of hydrogen-bond acceptors (Lipinski definition) is 4. The maximum atomic E-state index is 13.3. The number of likely N-dealkylation sites (tertiary alicyclic amines) is 2. The van der Waals surface area contributed by atoms with E-state index in [0.29, 0.717) is 29.9 Å². The first-order valence-corrected chi connectivity index (χ1v) is 13.3. The van der Waals surface area contributed by atoms with E-state index >= 15 is 0 Å². The Hall–Kier alpha value is -2.16. The topological polar surface area (TPSA) is 78.0 Å². The average Bonchev–Trinajstić information content (AvgIpc) is 3.53. The molecule has 1 aliphatic carbocycles. The van der Waals surface area contributed by atoms with E-state index in [1.54, 1.807) is 42.2 Å². The van der Waals surface area contributed by atoms with E-state index in [-0.39, 0.29) is 16.7 Å². The largest absolute Gasteiger partial charge is 0.338 e. The first-order chi connectivity index (χ1) is 15.7. The molecule has 7 nitrogen and oxygen atoms in total. The molecule has 2 aromatic rings. The molecule has 9 heteroatoms. The van der Waals surface area contributed by atoms with Crippen LogP contribution in [0.2, 0.25) is 5.02 Å². The lowest BCUT2D eigenvalue weighted by molar-refractivity contribution is -0.145. The number of carbonyl (C=O) groups excluding carboxylic acids is 2. The highest BCUT2D eigenvalue weighted by Gasteiger charge is 2.46. The van der Waals surface area contributed by atoms with E-state index in [2.05, 4.69) is 0 Å². The lowest BCUT2D eigenvalue weighted by Gasteiger charge is -2.33. The van der Waals surface area contributed by atoms with Crippen molar-refractivity contribution in [2.24, 2.45) is 5.92 Å². The van der Waals surface area contributed by atoms with Crippen LogP contribution in [0.1, 0.15) is 32.6 Å². The zero-order valence-corrected chi connectivity index (χ0v) is 20.3. The van der Waals surface area contributed by atoms with E-state index in [1.165, 1.54) is 19.5 Å². The van der Waals surface area contributed by atoms with Crippen molar-refractivity contribution in [3.8, 4) is 0 Å². The molecule has 0 radical (unpaired) electrons. The summed E-state index contributed by atoms with van der Waals surface area (Å²) >= 11 is 6.03. The number of fused-ring (bicyclic) bond motifs is 3. The number of carbonyl (C=O) groups is 2. The van der Waals surface area contributed by atoms with Crippen LogP contribution in [-0.4, -0.2) is 72.6 Å². The van der Waals surface area contributed by atoms with Crippen LogP contribution in [0.4, 0.5) is 0 Å². The summed E-state index contributed by atoms with van der Waals surface area (Å²) in [6.07, 6.45) is 3.64. The number of halogens is 1. The molecule has 5 rings (SSSR count). The Kier molecular flexibility index (Phi) is 5.66. The predicted molar refractivity (Wildman–Crippen MR) is 126 cm³/mol. The van der Waals surface area contributed by atoms with Gasteiger partial charge in [-0.25, -0.2) is 8.42 Å². The third-order valence-corrected chi connectivity index (χ3v) is 9.72. The minimum Gasteiger partial charge on any atom is -0.338 e. The lowest BCUT2D eigenvalue weighted by atomic mass is 10.1. The van der Waals surface area contributed by atoms with E-state index < -0.39 is 22.1 Å². The first kappa shape index (κ1) is 22.6. The zero-order valence-electron chi connectivity index (χ0n) is 18.8. The van der Waals surface area contributed by atoms with Gasteiger partial charge in [0.25, 0.3) is 0 Å². The van der Waals surface area contributed by atoms with Crippen molar-refractivity contribution in [2.75, 3.05) is 20.1 Å². The summed E-state index contributed by atoms with van der Waals surface area (Å²) < 4.78 is 27.8. The highest BCUT2D eigenvalue weighted by atomic mass is 35.5. The van der Waals surface area contributed by atoms with Crippen LogP contribution < -0.4 is 0 Å². The number of piperidine rings is 1. The Morgan fingerprint density at radius 2 is 1.85 bits per heavy atom. The molecule has 2 saturated heterocycles. The SMILES string of the molecule is C[C@H](C(=O)N1C[C@H]2CC[C@@H]1C2)N1CC[C@@H](N(C)S(=O)(=O)c2ccc3cc(Cl)ccc3c2)C1=O. The summed E-state index contributed by atoms with van der Waals surface area (Å²) in [4.78, 5) is 29.9. The normalized spacial score (nSPS) is 26.1. The second kappa shape index (κ2) is 8.25. The van der Waals surface area contributed by atoms with E-state index in [4.69, 9.17) is 11.6 Å². The second-order valence-corrected chi connectivity index (χ2v) is 11.9. The minimum absolute atomic E-state index is 0.0186. The van der Waals surface area contributed by atoms with Gasteiger partial charge in [0.1, 0.15) is 12.1 Å². The molecule has 0 spiro atoms. The van der Waals surface area contributed by atoms with Crippen molar-refractivity contribution < 1.29 is 18.0 Å². The second-order valence-electron chi connectivity index (χ2n) is 9.51. The van der Waals surface area contributed by atoms with Crippen molar-refractivity contribution in [3.63, 3.8) is 0 Å². The molecular weight excluding hydrogens is 462 g/mol. The third-order valence-electron chi connectivity index (χ3n) is 7.62. The average molecular weight is 490 g/mol. The Morgan fingerprint density at radius 3 is 2.55 bits per heavy atom. The Morgan fingerprint density at radius 1 is 1.12 bits per heavy atom. The summed E-state index contributed by atoms with van der Waals surface area (Å²) in [6.45, 7) is 2.91. The molecule has 176 valence electrons. The monoisotopic (exact) mass is 489 g/mol. The smallest absolute Gasteiger partial charge is 0.245 e. The number of sulfonamides is 1. The van der Waals surface area contributed by atoms with Crippen molar-refractivity contribution in [2.45, 2.75) is 55.6 Å². The molecule has 0 aromatic heterocycles. The predicted octanol–water partition coefficient (Wildman–Crippen LogP) is 3.11. The van der Waals surface area contributed by atoms with Crippen LogP contribution in [0.3, 0.4) is 0 Å². The van der Waals surface area contributed by atoms with E-state index in [9.17, 15) is 18.0 Å². The molecule has 2 heterocycles. The van der Waals surface area contributed by atoms with Gasteiger partial charge in [-0.2, -0.15) is 4.31 Å². The fourth-order valence-electron chi connectivity index (χ4n) is 5.67. The van der Waals surface area contributed by atoms with Gasteiger partial charge < -0.3 is 9.80 Å². The van der Waals surface area contributed by atoms with Crippen LogP contribution in [0.15, 0.2) is 41.3 Å². The van der Waals surface area contributed by atoms with Gasteiger partial charge in [0, 0.05) is 31.2 Å². The van der Waals surface area contributed by atoms with Gasteiger partial charge in [-0.15, -0.1) is 0 Å². The van der Waals surface area contributed by atoms with Gasteiger partial charge in [0.15, 0.2) is 0 Å². The third kappa shape index (κ3) is 3.82. The molecule has 2 aromatic carbocycles. The molecule has 0 N–H and O–H groups in total. The minimum atomic E-state index is -3.89. The highest BCUT2D eigenvalue weighted by molar-refractivity contribution is 7.89. The number of hydrogen-bond donors (Lipinski definition) is 0. The molecule has 2 amide bonds. The first-order valence-electron chi connectivity index (χ1n) is 11.4. The Labute approximate surface area is 199 Å². The molecule has 1 saturated carbocycles. The fourth-order valence-corrected chi connectivity index (χ4v) is 7.22. The summed E-state index contributed by atoms with van der Waals surface area (Å²) in [6, 6.07) is 9.02. The van der Waals surface area contributed by atoms with E-state index in [0.717, 1.165) is 34.5 Å². The number of benzene rings is 2. The highest BCUT2D eigenvalue weighted by Crippen LogP contribution is 2.38. The molecule has 4 atom stereocenters. The molecular formula is C24H28ClN3O4S. The molecule has 3 fully saturated rings. The lowest BCUT2D eigenvalue weighted by Crippen LogP contribution is -2.52. The summed E-state index contributed by atoms with van der Waals surface area (Å²) in [5.74, 6) is 0.260. The molecule has 33 heavy (non-hydrogen) atoms. The molecule has 3 aliphatic rings. The van der Waals surface area contributed by atoms with Crippen LogP contribution in [-0.2, 0) is 19.6 Å². The fraction of sp³-hybridized carbons (Fsp3) is 0.500. The number of likely N-dealkylation sites (N-methyl/N-ethyl adjacent to an activating group) is 1. The number of nitrogens with zero attached hydrogens (tertiary/aromatic N) is 3. The van der Waals surface area contributed by atoms with Gasteiger partial charge in [-0.3, -0.25) is 9.59 Å². The molecule has 2 bridgehead atoms. The maximum Gasteiger partial charge on any atom is 0.245 e.